The molecule has 1 heterocycles. The summed E-state index contributed by atoms with van der Waals surface area (Å²) in [5.41, 5.74) is 0.325. The molecule has 4 nitrogen and oxygen atoms in total. The molecule has 2 fully saturated rings. The average molecular weight is 268 g/mol. The van der Waals surface area contributed by atoms with Crippen LogP contribution in [0.1, 0.15) is 47.0 Å². The maximum Gasteiger partial charge on any atom is 0.236 e. The largest absolute Gasteiger partial charge is 0.372 e. The number of amides is 1. The third-order valence-corrected chi connectivity index (χ3v) is 4.53. The van der Waals surface area contributed by atoms with Gasteiger partial charge in [-0.1, -0.05) is 20.3 Å². The van der Waals surface area contributed by atoms with Crippen LogP contribution in [-0.2, 0) is 9.53 Å². The molecule has 1 aliphatic heterocycles. The normalized spacial score (nSPS) is 34.5. The highest BCUT2D eigenvalue weighted by Crippen LogP contribution is 2.37. The first-order chi connectivity index (χ1) is 8.88. The molecule has 110 valence electrons. The molecule has 0 spiro atoms. The molecule has 0 bridgehead atoms. The van der Waals surface area contributed by atoms with E-state index in [4.69, 9.17) is 4.74 Å². The smallest absolute Gasteiger partial charge is 0.236 e. The van der Waals surface area contributed by atoms with Crippen molar-refractivity contribution in [3.63, 3.8) is 0 Å². The zero-order valence-corrected chi connectivity index (χ0v) is 12.7. The van der Waals surface area contributed by atoms with E-state index >= 15 is 0 Å². The highest BCUT2D eigenvalue weighted by Gasteiger charge is 2.35. The van der Waals surface area contributed by atoms with Gasteiger partial charge in [0.15, 0.2) is 0 Å². The zero-order valence-electron chi connectivity index (χ0n) is 12.7. The molecule has 3 atom stereocenters. The van der Waals surface area contributed by atoms with Crippen LogP contribution >= 0.6 is 0 Å². The van der Waals surface area contributed by atoms with Crippen molar-refractivity contribution in [1.82, 2.24) is 10.2 Å². The van der Waals surface area contributed by atoms with Crippen molar-refractivity contribution < 1.29 is 9.53 Å². The van der Waals surface area contributed by atoms with Crippen molar-refractivity contribution in [2.45, 2.75) is 65.2 Å². The minimum Gasteiger partial charge on any atom is -0.372 e. The molecule has 1 amide bonds. The highest BCUT2D eigenvalue weighted by atomic mass is 16.5. The molecule has 19 heavy (non-hydrogen) atoms. The first-order valence-electron chi connectivity index (χ1n) is 7.55. The maximum atomic E-state index is 12.3. The number of nitrogens with zero attached hydrogens (tertiary/aromatic N) is 1. The van der Waals surface area contributed by atoms with Crippen molar-refractivity contribution >= 4 is 5.91 Å². The lowest BCUT2D eigenvalue weighted by Gasteiger charge is -2.36. The van der Waals surface area contributed by atoms with E-state index in [1.807, 2.05) is 18.7 Å². The summed E-state index contributed by atoms with van der Waals surface area (Å²) in [4.78, 5) is 14.2. The van der Waals surface area contributed by atoms with Crippen molar-refractivity contribution in [2.24, 2.45) is 5.41 Å². The molecule has 0 aromatic rings. The first kappa shape index (κ1) is 14.8. The van der Waals surface area contributed by atoms with Crippen molar-refractivity contribution in [3.8, 4) is 0 Å². The quantitative estimate of drug-likeness (QED) is 0.848. The Kier molecular flexibility index (Phi) is 4.51. The molecule has 0 unspecified atom stereocenters. The van der Waals surface area contributed by atoms with Crippen LogP contribution in [0.5, 0.6) is 0 Å². The predicted octanol–water partition coefficient (Wildman–Crippen LogP) is 1.79. The lowest BCUT2D eigenvalue weighted by Crippen LogP contribution is -2.52. The van der Waals surface area contributed by atoms with Gasteiger partial charge in [0, 0.05) is 19.1 Å². The fourth-order valence-corrected chi connectivity index (χ4v) is 3.41. The molecule has 2 aliphatic rings. The van der Waals surface area contributed by atoms with E-state index in [0.29, 0.717) is 18.0 Å². The molecule has 0 aromatic heterocycles. The molecule has 0 radical (unpaired) electrons. The van der Waals surface area contributed by atoms with Gasteiger partial charge in [0.2, 0.25) is 5.91 Å². The van der Waals surface area contributed by atoms with Gasteiger partial charge in [0.05, 0.1) is 18.8 Å². The number of carbonyl (C=O) groups excluding carboxylic acids is 1. The number of morpholine rings is 1. The minimum absolute atomic E-state index is 0.149. The summed E-state index contributed by atoms with van der Waals surface area (Å²) in [5, 5.41) is 3.47. The second kappa shape index (κ2) is 5.80. The highest BCUT2D eigenvalue weighted by molar-refractivity contribution is 5.78. The van der Waals surface area contributed by atoms with Gasteiger partial charge in [-0.05, 0) is 32.1 Å². The molecule has 0 aromatic carbocycles. The van der Waals surface area contributed by atoms with Crippen LogP contribution in [0.4, 0.5) is 0 Å². The number of nitrogens with one attached hydrogen (secondary N) is 1. The fourth-order valence-electron chi connectivity index (χ4n) is 3.41. The third-order valence-electron chi connectivity index (χ3n) is 4.53. The Balaban J connectivity index is 1.81. The van der Waals surface area contributed by atoms with Crippen LogP contribution in [0.2, 0.25) is 0 Å². The summed E-state index contributed by atoms with van der Waals surface area (Å²) in [5.74, 6) is 0.213. The Bertz CT molecular complexity index is 320. The molecule has 1 N–H and O–H groups in total. The molecule has 4 heteroatoms. The van der Waals surface area contributed by atoms with Crippen molar-refractivity contribution in [3.05, 3.63) is 0 Å². The average Bonchev–Trinajstić information content (AvgIpc) is 2.64. The molecule has 1 saturated heterocycles. The van der Waals surface area contributed by atoms with Crippen molar-refractivity contribution in [2.75, 3.05) is 19.6 Å². The van der Waals surface area contributed by atoms with Gasteiger partial charge in [0.1, 0.15) is 0 Å². The van der Waals surface area contributed by atoms with E-state index in [0.717, 1.165) is 13.1 Å². The second-order valence-electron chi connectivity index (χ2n) is 6.87. The number of rotatable bonds is 3. The summed E-state index contributed by atoms with van der Waals surface area (Å²) >= 11 is 0. The Morgan fingerprint density at radius 3 is 2.47 bits per heavy atom. The summed E-state index contributed by atoms with van der Waals surface area (Å²) < 4.78 is 5.66. The van der Waals surface area contributed by atoms with E-state index in [1.54, 1.807) is 0 Å². The summed E-state index contributed by atoms with van der Waals surface area (Å²) in [6, 6.07) is 0.479. The van der Waals surface area contributed by atoms with E-state index in [9.17, 15) is 4.79 Å². The minimum atomic E-state index is 0.149. The van der Waals surface area contributed by atoms with Crippen LogP contribution in [-0.4, -0.2) is 48.7 Å². The second-order valence-corrected chi connectivity index (χ2v) is 6.87. The molecular weight excluding hydrogens is 240 g/mol. The Hall–Kier alpha value is -0.610. The van der Waals surface area contributed by atoms with E-state index in [1.165, 1.54) is 19.3 Å². The summed E-state index contributed by atoms with van der Waals surface area (Å²) in [6.45, 7) is 10.6. The first-order valence-corrected chi connectivity index (χ1v) is 7.55. The van der Waals surface area contributed by atoms with E-state index in [2.05, 4.69) is 19.2 Å². The Morgan fingerprint density at radius 1 is 1.32 bits per heavy atom. The Morgan fingerprint density at radius 2 is 1.95 bits per heavy atom. The van der Waals surface area contributed by atoms with Crippen LogP contribution in [0.25, 0.3) is 0 Å². The molecular formula is C15H28N2O2. The lowest BCUT2D eigenvalue weighted by atomic mass is 9.87. The molecule has 1 saturated carbocycles. The van der Waals surface area contributed by atoms with Crippen LogP contribution in [0.15, 0.2) is 0 Å². The number of ether oxygens (including phenoxy) is 1. The van der Waals surface area contributed by atoms with Gasteiger partial charge in [-0.25, -0.2) is 0 Å². The summed E-state index contributed by atoms with van der Waals surface area (Å²) in [6.07, 6.45) is 4.01. The molecule has 1 aliphatic carbocycles. The van der Waals surface area contributed by atoms with Gasteiger partial charge in [-0.2, -0.15) is 0 Å². The van der Waals surface area contributed by atoms with Crippen LogP contribution in [0, 0.1) is 5.41 Å². The van der Waals surface area contributed by atoms with Gasteiger partial charge in [0.25, 0.3) is 0 Å². The van der Waals surface area contributed by atoms with Gasteiger partial charge >= 0.3 is 0 Å². The monoisotopic (exact) mass is 268 g/mol. The van der Waals surface area contributed by atoms with Crippen LogP contribution < -0.4 is 5.32 Å². The van der Waals surface area contributed by atoms with Gasteiger partial charge < -0.3 is 15.0 Å². The third kappa shape index (κ3) is 3.69. The van der Waals surface area contributed by atoms with E-state index < -0.39 is 0 Å². The lowest BCUT2D eigenvalue weighted by molar-refractivity contribution is -0.142. The number of hydrogen-bond acceptors (Lipinski definition) is 3. The van der Waals surface area contributed by atoms with Crippen LogP contribution in [0.3, 0.4) is 0 Å². The maximum absolute atomic E-state index is 12.3. The number of hydrogen-bond donors (Lipinski definition) is 1. The van der Waals surface area contributed by atoms with Gasteiger partial charge in [-0.3, -0.25) is 4.79 Å². The summed E-state index contributed by atoms with van der Waals surface area (Å²) in [7, 11) is 0. The standard InChI is InChI=1S/C15H28N2O2/c1-11-9-17(10-12(2)19-11)14(18)8-16-13-6-5-7-15(13,3)4/h11-13,16H,5-10H2,1-4H3/t11-,12-,13-/m1/s1. The zero-order chi connectivity index (χ0) is 14.0. The Labute approximate surface area is 116 Å². The predicted molar refractivity (Wildman–Crippen MR) is 76.0 cm³/mol. The molecule has 2 rings (SSSR count). The van der Waals surface area contributed by atoms with E-state index in [-0.39, 0.29) is 18.1 Å². The SMILES string of the molecule is C[C@@H]1CN(C(=O)CN[C@@H]2CCCC2(C)C)C[C@@H](C)O1. The fraction of sp³-hybridized carbons (Fsp3) is 0.933. The number of carbonyl (C=O) groups is 1. The van der Waals surface area contributed by atoms with Gasteiger partial charge in [-0.15, -0.1) is 0 Å². The topological polar surface area (TPSA) is 41.6 Å². The van der Waals surface area contributed by atoms with Crippen molar-refractivity contribution in [1.29, 1.82) is 0 Å².